The summed E-state index contributed by atoms with van der Waals surface area (Å²) >= 11 is 0. The normalized spacial score (nSPS) is 26.0. The van der Waals surface area contributed by atoms with Gasteiger partial charge in [0.1, 0.15) is 0 Å². The van der Waals surface area contributed by atoms with Gasteiger partial charge in [-0.1, -0.05) is 29.8 Å². The highest BCUT2D eigenvalue weighted by atomic mass is 32.2. The van der Waals surface area contributed by atoms with Gasteiger partial charge in [0.05, 0.1) is 16.6 Å². The van der Waals surface area contributed by atoms with Gasteiger partial charge in [-0.05, 0) is 80.2 Å². The number of halogens is 6. The zero-order valence-electron chi connectivity index (χ0n) is 22.8. The topological polar surface area (TPSA) is 86.7 Å². The van der Waals surface area contributed by atoms with Crippen molar-refractivity contribution in [1.29, 1.82) is 0 Å². The second kappa shape index (κ2) is 11.0. The van der Waals surface area contributed by atoms with Crippen LogP contribution in [0.25, 0.3) is 0 Å². The van der Waals surface area contributed by atoms with Crippen LogP contribution in [0.2, 0.25) is 0 Å². The van der Waals surface area contributed by atoms with Crippen LogP contribution in [0.5, 0.6) is 0 Å². The number of alkyl halides is 6. The third-order valence-corrected chi connectivity index (χ3v) is 10.9. The molecule has 1 aliphatic heterocycles. The van der Waals surface area contributed by atoms with Gasteiger partial charge in [-0.15, -0.1) is 0 Å². The number of aliphatic hydroxyl groups excluding tert-OH is 1. The largest absolute Gasteiger partial charge is 0.404 e. The lowest BCUT2D eigenvalue weighted by molar-refractivity contribution is -0.253. The van der Waals surface area contributed by atoms with Gasteiger partial charge in [-0.25, -0.2) is 8.42 Å². The van der Waals surface area contributed by atoms with Crippen LogP contribution in [0.15, 0.2) is 47.4 Å². The van der Waals surface area contributed by atoms with Crippen LogP contribution in [0.3, 0.4) is 0 Å². The number of nitrogens with one attached hydrogen (secondary N) is 1. The third kappa shape index (κ3) is 5.73. The highest BCUT2D eigenvalue weighted by Crippen LogP contribution is 2.49. The standard InChI is InChI=1S/C29H32F6N2O4S/c1-16-2-9-22(10-3-16)42(40,41)37-21(14-25(39)36-26-19-5-4-17(12-19)23(26)15-38)8-6-18-13-20(7-11-24(18)37)27(28(30,31)32)29(33,34)35/h2-3,7,9-11,13,17,19,21,23,26-27,38H,4-6,8,12,14-15H2,1H3,(H,36,39). The van der Waals surface area contributed by atoms with E-state index >= 15 is 0 Å². The molecule has 2 saturated carbocycles. The number of sulfonamides is 1. The number of benzene rings is 2. The summed E-state index contributed by atoms with van der Waals surface area (Å²) in [6.45, 7) is 1.68. The highest BCUT2D eigenvalue weighted by molar-refractivity contribution is 7.92. The van der Waals surface area contributed by atoms with E-state index in [-0.39, 0.29) is 59.9 Å². The average Bonchev–Trinajstić information content (AvgIpc) is 3.49. The molecule has 2 aromatic rings. The zero-order chi connectivity index (χ0) is 30.6. The first-order chi connectivity index (χ1) is 19.6. The Labute approximate surface area is 240 Å². The maximum absolute atomic E-state index is 13.9. The Hall–Kier alpha value is -2.80. The van der Waals surface area contributed by atoms with Gasteiger partial charge in [-0.3, -0.25) is 9.10 Å². The summed E-state index contributed by atoms with van der Waals surface area (Å²) in [6, 6.07) is 7.13. The average molecular weight is 619 g/mol. The summed E-state index contributed by atoms with van der Waals surface area (Å²) in [5.74, 6) is -3.68. The Morgan fingerprint density at radius 1 is 1.00 bits per heavy atom. The predicted molar refractivity (Wildman–Crippen MR) is 142 cm³/mol. The van der Waals surface area contributed by atoms with Crippen molar-refractivity contribution in [3.05, 3.63) is 59.2 Å². The zero-order valence-corrected chi connectivity index (χ0v) is 23.6. The summed E-state index contributed by atoms with van der Waals surface area (Å²) in [5.41, 5.74) is -0.279. The molecule has 0 saturated heterocycles. The van der Waals surface area contributed by atoms with Crippen LogP contribution in [-0.4, -0.2) is 50.5 Å². The molecule has 2 aromatic carbocycles. The van der Waals surface area contributed by atoms with Crippen molar-refractivity contribution in [2.75, 3.05) is 10.9 Å². The van der Waals surface area contributed by atoms with Crippen molar-refractivity contribution in [1.82, 2.24) is 5.32 Å². The number of nitrogens with zero attached hydrogens (tertiary/aromatic N) is 1. The molecular weight excluding hydrogens is 586 g/mol. The van der Waals surface area contributed by atoms with Gasteiger partial charge >= 0.3 is 12.4 Å². The maximum atomic E-state index is 13.9. The predicted octanol–water partition coefficient (Wildman–Crippen LogP) is 5.63. The van der Waals surface area contributed by atoms with E-state index in [4.69, 9.17) is 0 Å². The van der Waals surface area contributed by atoms with Gasteiger partial charge < -0.3 is 10.4 Å². The fourth-order valence-electron chi connectivity index (χ4n) is 7.09. The third-order valence-electron chi connectivity index (χ3n) is 9.03. The fourth-order valence-corrected chi connectivity index (χ4v) is 8.81. The van der Waals surface area contributed by atoms with E-state index in [0.29, 0.717) is 12.0 Å². The van der Waals surface area contributed by atoms with Crippen LogP contribution < -0.4 is 9.62 Å². The molecule has 3 aliphatic rings. The molecule has 13 heteroatoms. The summed E-state index contributed by atoms with van der Waals surface area (Å²) < 4.78 is 110. The first-order valence-corrected chi connectivity index (χ1v) is 15.3. The molecule has 0 radical (unpaired) electrons. The number of hydrogen-bond acceptors (Lipinski definition) is 4. The molecule has 5 unspecified atom stereocenters. The lowest BCUT2D eigenvalue weighted by Gasteiger charge is -2.39. The fraction of sp³-hybridized carbons (Fsp3) is 0.552. The molecule has 2 aliphatic carbocycles. The van der Waals surface area contributed by atoms with Crippen LogP contribution in [0.4, 0.5) is 32.0 Å². The molecule has 2 bridgehead atoms. The van der Waals surface area contributed by atoms with Crippen LogP contribution >= 0.6 is 0 Å². The molecule has 1 amide bonds. The van der Waals surface area contributed by atoms with E-state index in [9.17, 15) is 44.7 Å². The molecule has 0 aromatic heterocycles. The van der Waals surface area contributed by atoms with Crippen LogP contribution in [0, 0.1) is 24.7 Å². The van der Waals surface area contributed by atoms with E-state index < -0.39 is 45.8 Å². The Morgan fingerprint density at radius 2 is 1.64 bits per heavy atom. The SMILES string of the molecule is Cc1ccc(S(=O)(=O)N2c3ccc(C(C(F)(F)F)C(F)(F)F)cc3CCC2CC(=O)NC2C3CCC(C3)C2CO)cc1. The van der Waals surface area contributed by atoms with E-state index in [2.05, 4.69) is 5.32 Å². The van der Waals surface area contributed by atoms with Crippen LogP contribution in [-0.2, 0) is 21.2 Å². The minimum atomic E-state index is -5.60. The number of fused-ring (bicyclic) bond motifs is 3. The smallest absolute Gasteiger partial charge is 0.396 e. The molecular formula is C29H32F6N2O4S. The molecule has 2 fully saturated rings. The van der Waals surface area contributed by atoms with Gasteiger partial charge in [0.15, 0.2) is 5.92 Å². The van der Waals surface area contributed by atoms with Crippen LogP contribution in [0.1, 0.15) is 54.7 Å². The van der Waals surface area contributed by atoms with Crippen molar-refractivity contribution in [3.8, 4) is 0 Å². The number of amides is 1. The van der Waals surface area contributed by atoms with Crippen molar-refractivity contribution >= 4 is 21.6 Å². The number of aliphatic hydroxyl groups is 1. The minimum Gasteiger partial charge on any atom is -0.396 e. The number of aryl methyl sites for hydroxylation is 2. The number of rotatable bonds is 7. The van der Waals surface area contributed by atoms with E-state index in [1.807, 2.05) is 0 Å². The van der Waals surface area contributed by atoms with Gasteiger partial charge in [0.2, 0.25) is 5.91 Å². The van der Waals surface area contributed by atoms with E-state index in [0.717, 1.165) is 41.3 Å². The molecule has 0 spiro atoms. The number of carbonyl (C=O) groups is 1. The Bertz CT molecular complexity index is 1410. The lowest BCUT2D eigenvalue weighted by Crippen LogP contribution is -2.49. The Kier molecular flexibility index (Phi) is 8.06. The minimum absolute atomic E-state index is 0.0117. The summed E-state index contributed by atoms with van der Waals surface area (Å²) in [7, 11) is -4.36. The van der Waals surface area contributed by atoms with Crippen molar-refractivity contribution < 1.29 is 44.7 Å². The first kappa shape index (κ1) is 30.7. The molecule has 1 heterocycles. The number of hydrogen-bond donors (Lipinski definition) is 2. The van der Waals surface area contributed by atoms with E-state index in [1.54, 1.807) is 19.1 Å². The second-order valence-electron chi connectivity index (χ2n) is 11.7. The molecule has 6 nitrogen and oxygen atoms in total. The van der Waals surface area contributed by atoms with Gasteiger partial charge in [0.25, 0.3) is 10.0 Å². The number of carbonyl (C=O) groups excluding carboxylic acids is 1. The molecule has 5 rings (SSSR count). The lowest BCUT2D eigenvalue weighted by atomic mass is 9.84. The summed E-state index contributed by atoms with van der Waals surface area (Å²) in [5, 5.41) is 12.9. The maximum Gasteiger partial charge on any atom is 0.404 e. The summed E-state index contributed by atoms with van der Waals surface area (Å²) in [4.78, 5) is 13.2. The quantitative estimate of drug-likeness (QED) is 0.394. The Morgan fingerprint density at radius 3 is 2.26 bits per heavy atom. The molecule has 42 heavy (non-hydrogen) atoms. The van der Waals surface area contributed by atoms with Crippen molar-refractivity contribution in [3.63, 3.8) is 0 Å². The molecule has 5 atom stereocenters. The highest BCUT2D eigenvalue weighted by Gasteiger charge is 2.57. The number of anilines is 1. The van der Waals surface area contributed by atoms with Gasteiger partial charge in [0, 0.05) is 25.0 Å². The Balaban J connectivity index is 1.49. The molecule has 230 valence electrons. The first-order valence-electron chi connectivity index (χ1n) is 13.9. The van der Waals surface area contributed by atoms with Gasteiger partial charge in [-0.2, -0.15) is 26.3 Å². The van der Waals surface area contributed by atoms with E-state index in [1.165, 1.54) is 12.1 Å². The summed E-state index contributed by atoms with van der Waals surface area (Å²) in [6.07, 6.45) is -8.64. The second-order valence-corrected chi connectivity index (χ2v) is 13.5. The van der Waals surface area contributed by atoms with Crippen molar-refractivity contribution in [2.24, 2.45) is 17.8 Å². The monoisotopic (exact) mass is 618 g/mol. The van der Waals surface area contributed by atoms with Crippen molar-refractivity contribution in [2.45, 2.75) is 80.7 Å². The molecule has 2 N–H and O–H groups in total.